The molecule has 2 heterocycles. The summed E-state index contributed by atoms with van der Waals surface area (Å²) in [5.41, 5.74) is 4.17. The molecule has 0 radical (unpaired) electrons. The second-order valence-electron chi connectivity index (χ2n) is 18.4. The third-order valence-electron chi connectivity index (χ3n) is 12.2. The summed E-state index contributed by atoms with van der Waals surface area (Å²) in [4.78, 5) is 97.1. The SMILES string of the molecule is C=CCNC(=O)C(=O)C(CC1CCC1)NC(=O)[C@@H]1C[C@@H](OC(N)=O)CN1C(=O)[C@@H](NC(=O)N[C@H](CN1CCC(C)(C)CC1=O)C(C)(C)C)C1(C)CCCCC1. The van der Waals surface area contributed by atoms with E-state index < -0.39 is 76.7 Å². The van der Waals surface area contributed by atoms with Crippen LogP contribution in [-0.4, -0.2) is 108 Å². The Balaban J connectivity index is 1.59. The van der Waals surface area contributed by atoms with Gasteiger partial charge < -0.3 is 41.5 Å². The number of amides is 7. The fraction of sp³-hybridized carbons (Fsp3) is 0.775. The molecule has 1 unspecified atom stereocenters. The third kappa shape index (κ3) is 11.7. The molecule has 15 nitrogen and oxygen atoms in total. The van der Waals surface area contributed by atoms with Crippen LogP contribution in [0.15, 0.2) is 12.7 Å². The van der Waals surface area contributed by atoms with Crippen molar-refractivity contribution < 1.29 is 38.3 Å². The third-order valence-corrected chi connectivity index (χ3v) is 12.2. The van der Waals surface area contributed by atoms with Crippen molar-refractivity contribution in [3.05, 3.63) is 12.7 Å². The van der Waals surface area contributed by atoms with Gasteiger partial charge in [0.2, 0.25) is 23.5 Å². The van der Waals surface area contributed by atoms with Crippen molar-refractivity contribution in [2.24, 2.45) is 27.9 Å². The molecule has 4 aliphatic rings. The lowest BCUT2D eigenvalue weighted by Crippen LogP contribution is -2.63. The zero-order valence-corrected chi connectivity index (χ0v) is 33.8. The molecule has 4 fully saturated rings. The molecule has 5 atom stereocenters. The number of ether oxygens (including phenoxy) is 1. The van der Waals surface area contributed by atoms with Crippen LogP contribution in [0.25, 0.3) is 0 Å². The van der Waals surface area contributed by atoms with E-state index in [4.69, 9.17) is 10.5 Å². The average Bonchev–Trinajstić information content (AvgIpc) is 3.50. The normalized spacial score (nSPS) is 24.0. The van der Waals surface area contributed by atoms with Crippen molar-refractivity contribution in [1.82, 2.24) is 31.1 Å². The lowest BCUT2D eigenvalue weighted by atomic mass is 9.70. The zero-order chi connectivity index (χ0) is 40.7. The van der Waals surface area contributed by atoms with Gasteiger partial charge in [0, 0.05) is 32.5 Å². The number of carbonyl (C=O) groups is 7. The van der Waals surface area contributed by atoms with Gasteiger partial charge in [-0.3, -0.25) is 24.0 Å². The van der Waals surface area contributed by atoms with Gasteiger partial charge in [0.1, 0.15) is 18.2 Å². The van der Waals surface area contributed by atoms with Crippen LogP contribution in [0, 0.1) is 22.2 Å². The molecule has 0 aromatic heterocycles. The predicted molar refractivity (Wildman–Crippen MR) is 206 cm³/mol. The highest BCUT2D eigenvalue weighted by molar-refractivity contribution is 6.38. The maximum Gasteiger partial charge on any atom is 0.404 e. The summed E-state index contributed by atoms with van der Waals surface area (Å²) in [6, 6.07) is -4.39. The maximum absolute atomic E-state index is 14.9. The van der Waals surface area contributed by atoms with Crippen LogP contribution in [0.5, 0.6) is 0 Å². The first-order valence-corrected chi connectivity index (χ1v) is 20.1. The Labute approximate surface area is 326 Å². The minimum Gasteiger partial charge on any atom is -0.444 e. The van der Waals surface area contributed by atoms with E-state index in [0.717, 1.165) is 44.9 Å². The number of nitrogens with one attached hydrogen (secondary N) is 4. The van der Waals surface area contributed by atoms with E-state index in [0.29, 0.717) is 32.4 Å². The summed E-state index contributed by atoms with van der Waals surface area (Å²) in [6.07, 6.45) is 7.62. The minimum absolute atomic E-state index is 0.0376. The van der Waals surface area contributed by atoms with Crippen LogP contribution < -0.4 is 27.0 Å². The topological polar surface area (TPSA) is 209 Å². The molecule has 55 heavy (non-hydrogen) atoms. The van der Waals surface area contributed by atoms with Crippen molar-refractivity contribution >= 4 is 41.5 Å². The van der Waals surface area contributed by atoms with Crippen molar-refractivity contribution in [2.75, 3.05) is 26.2 Å². The molecule has 2 aliphatic carbocycles. The second kappa shape index (κ2) is 18.2. The molecular weight excluding hydrogens is 706 g/mol. The monoisotopic (exact) mass is 771 g/mol. The standard InChI is InChI=1S/C40H65N7O8/c1-8-18-42-34(51)31(49)27(20-25-13-12-14-25)43-33(50)28-21-26(55-36(41)53)23-47(28)35(52)32(40(7)15-10-9-11-16-40)45-37(54)44-29(38(2,3)4)24-46-19-17-39(5,6)22-30(46)48/h8,25-29,32H,1,9-24H2,2-7H3,(H2,41,53)(H,42,51)(H,43,50)(H2,44,45,54)/t26-,27?,28+,29-,32-/m1/s1. The number of nitrogens with zero attached hydrogens (tertiary/aromatic N) is 2. The molecule has 308 valence electrons. The van der Waals surface area contributed by atoms with Gasteiger partial charge in [-0.1, -0.05) is 86.1 Å². The van der Waals surface area contributed by atoms with E-state index in [9.17, 15) is 33.6 Å². The Kier molecular flexibility index (Phi) is 14.4. The van der Waals surface area contributed by atoms with Crippen LogP contribution in [0.2, 0.25) is 0 Å². The molecule has 2 saturated heterocycles. The summed E-state index contributed by atoms with van der Waals surface area (Å²) < 4.78 is 5.31. The number of carbonyl (C=O) groups excluding carboxylic acids is 7. The Morgan fingerprint density at radius 1 is 0.982 bits per heavy atom. The molecule has 7 amide bonds. The first-order chi connectivity index (χ1) is 25.7. The first kappa shape index (κ1) is 43.6. The molecule has 6 N–H and O–H groups in total. The van der Waals surface area contributed by atoms with Gasteiger partial charge in [0.25, 0.3) is 5.91 Å². The number of primary amides is 1. The van der Waals surface area contributed by atoms with Crippen LogP contribution in [-0.2, 0) is 28.7 Å². The summed E-state index contributed by atoms with van der Waals surface area (Å²) in [5.74, 6) is -2.64. The van der Waals surface area contributed by atoms with Crippen molar-refractivity contribution in [3.8, 4) is 0 Å². The number of rotatable bonds is 15. The number of hydrogen-bond acceptors (Lipinski definition) is 8. The van der Waals surface area contributed by atoms with Crippen molar-refractivity contribution in [1.29, 1.82) is 0 Å². The molecule has 2 aliphatic heterocycles. The molecule has 0 aromatic rings. The minimum atomic E-state index is -1.18. The van der Waals surface area contributed by atoms with Gasteiger partial charge in [0.05, 0.1) is 18.6 Å². The van der Waals surface area contributed by atoms with Gasteiger partial charge in [0.15, 0.2) is 0 Å². The van der Waals surface area contributed by atoms with Crippen LogP contribution in [0.4, 0.5) is 9.59 Å². The Bertz CT molecular complexity index is 1460. The lowest BCUT2D eigenvalue weighted by molar-refractivity contribution is -0.144. The lowest BCUT2D eigenvalue weighted by Gasteiger charge is -2.43. The van der Waals surface area contributed by atoms with Gasteiger partial charge in [-0.2, -0.15) is 0 Å². The highest BCUT2D eigenvalue weighted by Crippen LogP contribution is 2.41. The summed E-state index contributed by atoms with van der Waals surface area (Å²) in [7, 11) is 0. The first-order valence-electron chi connectivity index (χ1n) is 20.1. The van der Waals surface area contributed by atoms with Crippen molar-refractivity contribution in [3.63, 3.8) is 0 Å². The summed E-state index contributed by atoms with van der Waals surface area (Å²) >= 11 is 0. The van der Waals surface area contributed by atoms with Crippen LogP contribution in [0.3, 0.4) is 0 Å². The number of urea groups is 1. The Morgan fingerprint density at radius 3 is 2.22 bits per heavy atom. The Hall–Kier alpha value is -4.17. The van der Waals surface area contributed by atoms with E-state index in [1.165, 1.54) is 11.0 Å². The van der Waals surface area contributed by atoms with Gasteiger partial charge in [-0.25, -0.2) is 9.59 Å². The van der Waals surface area contributed by atoms with E-state index in [1.807, 2.05) is 27.7 Å². The van der Waals surface area contributed by atoms with E-state index in [-0.39, 0.29) is 43.2 Å². The number of hydrogen-bond donors (Lipinski definition) is 5. The second-order valence-corrected chi connectivity index (χ2v) is 18.4. The number of ketones is 1. The maximum atomic E-state index is 14.9. The molecule has 0 bridgehead atoms. The van der Waals surface area contributed by atoms with Crippen LogP contribution in [0.1, 0.15) is 119 Å². The number of likely N-dealkylation sites (tertiary alicyclic amines) is 2. The highest BCUT2D eigenvalue weighted by atomic mass is 16.6. The van der Waals surface area contributed by atoms with Gasteiger partial charge in [-0.15, -0.1) is 6.58 Å². The predicted octanol–water partition coefficient (Wildman–Crippen LogP) is 3.30. The molecule has 0 spiro atoms. The summed E-state index contributed by atoms with van der Waals surface area (Å²) in [5, 5.41) is 11.3. The molecule has 2 saturated carbocycles. The smallest absolute Gasteiger partial charge is 0.404 e. The molecule has 15 heteroatoms. The molecule has 4 rings (SSSR count). The average molecular weight is 772 g/mol. The quantitative estimate of drug-likeness (QED) is 0.123. The zero-order valence-electron chi connectivity index (χ0n) is 33.8. The van der Waals surface area contributed by atoms with Crippen LogP contribution >= 0.6 is 0 Å². The fourth-order valence-corrected chi connectivity index (χ4v) is 8.31. The summed E-state index contributed by atoms with van der Waals surface area (Å²) in [6.45, 7) is 16.5. The number of Topliss-reactive ketones (excluding diaryl/α,β-unsaturated/α-hetero) is 1. The van der Waals surface area contributed by atoms with E-state index in [2.05, 4.69) is 41.7 Å². The molecular formula is C40H65N7O8. The van der Waals surface area contributed by atoms with Gasteiger partial charge in [-0.05, 0) is 47.8 Å². The highest BCUT2D eigenvalue weighted by Gasteiger charge is 2.49. The largest absolute Gasteiger partial charge is 0.444 e. The van der Waals surface area contributed by atoms with E-state index >= 15 is 0 Å². The fourth-order valence-electron chi connectivity index (χ4n) is 8.31. The van der Waals surface area contributed by atoms with Gasteiger partial charge >= 0.3 is 12.1 Å². The molecule has 0 aromatic carbocycles. The Morgan fingerprint density at radius 2 is 1.65 bits per heavy atom. The van der Waals surface area contributed by atoms with Crippen molar-refractivity contribution in [2.45, 2.75) is 149 Å². The number of nitrogens with two attached hydrogens (primary N) is 1. The van der Waals surface area contributed by atoms with E-state index in [1.54, 1.807) is 4.90 Å². The number of piperidine rings is 1.